The standard InChI is InChI=1S/C12H13NO/c14-8-2-1-3-10-4-5-12-11(9-10)6-7-13-12/h4-9,13H,1-3H2. The minimum Gasteiger partial charge on any atom is -0.361 e. The van der Waals surface area contributed by atoms with E-state index in [4.69, 9.17) is 0 Å². The number of fused-ring (bicyclic) bond motifs is 1. The van der Waals surface area contributed by atoms with Gasteiger partial charge in [-0.1, -0.05) is 6.07 Å². The van der Waals surface area contributed by atoms with Crippen molar-refractivity contribution in [1.29, 1.82) is 0 Å². The van der Waals surface area contributed by atoms with Crippen LogP contribution in [-0.4, -0.2) is 11.3 Å². The van der Waals surface area contributed by atoms with Gasteiger partial charge in [0, 0.05) is 18.1 Å². The smallest absolute Gasteiger partial charge is 0.120 e. The highest BCUT2D eigenvalue weighted by Gasteiger charge is 1.96. The van der Waals surface area contributed by atoms with E-state index in [9.17, 15) is 4.79 Å². The van der Waals surface area contributed by atoms with Crippen LogP contribution in [0.5, 0.6) is 0 Å². The molecule has 2 heteroatoms. The molecule has 0 saturated carbocycles. The molecule has 0 bridgehead atoms. The average Bonchev–Trinajstić information content (AvgIpc) is 2.65. The third kappa shape index (κ3) is 1.84. The molecule has 0 fully saturated rings. The number of hydrogen-bond donors (Lipinski definition) is 1. The Hall–Kier alpha value is -1.57. The summed E-state index contributed by atoms with van der Waals surface area (Å²) in [6.07, 6.45) is 5.51. The van der Waals surface area contributed by atoms with Crippen molar-refractivity contribution in [3.63, 3.8) is 0 Å². The molecular weight excluding hydrogens is 174 g/mol. The van der Waals surface area contributed by atoms with Crippen LogP contribution in [0.4, 0.5) is 0 Å². The minimum absolute atomic E-state index is 0.658. The Labute approximate surface area is 82.9 Å². The second-order valence-corrected chi connectivity index (χ2v) is 3.46. The molecule has 0 aliphatic heterocycles. The lowest BCUT2D eigenvalue weighted by Crippen LogP contribution is -1.85. The van der Waals surface area contributed by atoms with Crippen molar-refractivity contribution in [2.75, 3.05) is 0 Å². The van der Waals surface area contributed by atoms with Crippen molar-refractivity contribution < 1.29 is 4.79 Å². The zero-order valence-electron chi connectivity index (χ0n) is 7.99. The number of nitrogens with one attached hydrogen (secondary N) is 1. The minimum atomic E-state index is 0.658. The van der Waals surface area contributed by atoms with Crippen LogP contribution in [-0.2, 0) is 11.2 Å². The fraction of sp³-hybridized carbons (Fsp3) is 0.250. The first-order valence-corrected chi connectivity index (χ1v) is 4.90. The predicted octanol–water partition coefficient (Wildman–Crippen LogP) is 2.69. The fourth-order valence-electron chi connectivity index (χ4n) is 1.65. The van der Waals surface area contributed by atoms with Crippen molar-refractivity contribution >= 4 is 17.2 Å². The molecular formula is C12H13NO. The predicted molar refractivity (Wildman–Crippen MR) is 57.3 cm³/mol. The van der Waals surface area contributed by atoms with E-state index in [1.165, 1.54) is 16.5 Å². The van der Waals surface area contributed by atoms with Gasteiger partial charge in [-0.25, -0.2) is 0 Å². The molecule has 1 heterocycles. The van der Waals surface area contributed by atoms with Gasteiger partial charge in [0.15, 0.2) is 0 Å². The lowest BCUT2D eigenvalue weighted by molar-refractivity contribution is -0.107. The summed E-state index contributed by atoms with van der Waals surface area (Å²) in [5.41, 5.74) is 2.48. The third-order valence-electron chi connectivity index (χ3n) is 2.41. The van der Waals surface area contributed by atoms with Gasteiger partial charge < -0.3 is 9.78 Å². The summed E-state index contributed by atoms with van der Waals surface area (Å²) in [7, 11) is 0. The Balaban J connectivity index is 2.13. The van der Waals surface area contributed by atoms with Gasteiger partial charge in [0.1, 0.15) is 6.29 Å². The third-order valence-corrected chi connectivity index (χ3v) is 2.41. The van der Waals surface area contributed by atoms with Gasteiger partial charge in [0.25, 0.3) is 0 Å². The summed E-state index contributed by atoms with van der Waals surface area (Å²) in [5.74, 6) is 0. The maximum atomic E-state index is 10.2. The molecule has 2 aromatic rings. The van der Waals surface area contributed by atoms with Crippen molar-refractivity contribution in [2.45, 2.75) is 19.3 Å². The van der Waals surface area contributed by atoms with Gasteiger partial charge in [-0.3, -0.25) is 0 Å². The molecule has 0 radical (unpaired) electrons. The SMILES string of the molecule is O=CCCCc1ccc2[nH]ccc2c1. The molecule has 2 nitrogen and oxygen atoms in total. The summed E-state index contributed by atoms with van der Waals surface area (Å²) < 4.78 is 0. The molecule has 0 saturated heterocycles. The van der Waals surface area contributed by atoms with Crippen LogP contribution >= 0.6 is 0 Å². The Morgan fingerprint density at radius 2 is 2.21 bits per heavy atom. The number of carbonyl (C=O) groups is 1. The van der Waals surface area contributed by atoms with E-state index in [0.717, 1.165) is 19.1 Å². The van der Waals surface area contributed by atoms with Crippen LogP contribution < -0.4 is 0 Å². The van der Waals surface area contributed by atoms with Crippen molar-refractivity contribution in [3.05, 3.63) is 36.0 Å². The van der Waals surface area contributed by atoms with Gasteiger partial charge in [-0.15, -0.1) is 0 Å². The first-order chi connectivity index (χ1) is 6.90. The van der Waals surface area contributed by atoms with Crippen LogP contribution in [0, 0.1) is 0 Å². The summed E-state index contributed by atoms with van der Waals surface area (Å²) in [4.78, 5) is 13.3. The van der Waals surface area contributed by atoms with Gasteiger partial charge in [-0.2, -0.15) is 0 Å². The first kappa shape index (κ1) is 9.00. The highest BCUT2D eigenvalue weighted by Crippen LogP contribution is 2.15. The Bertz CT molecular complexity index is 431. The van der Waals surface area contributed by atoms with E-state index in [2.05, 4.69) is 29.2 Å². The molecule has 0 spiro atoms. The number of benzene rings is 1. The molecule has 0 aliphatic rings. The Kier molecular flexibility index (Phi) is 2.63. The number of rotatable bonds is 4. The topological polar surface area (TPSA) is 32.9 Å². The molecule has 1 aromatic carbocycles. The number of carbonyl (C=O) groups excluding carboxylic acids is 1. The van der Waals surface area contributed by atoms with Crippen LogP contribution in [0.25, 0.3) is 10.9 Å². The zero-order chi connectivity index (χ0) is 9.80. The fourth-order valence-corrected chi connectivity index (χ4v) is 1.65. The number of unbranched alkanes of at least 4 members (excludes halogenated alkanes) is 1. The molecule has 1 N–H and O–H groups in total. The first-order valence-electron chi connectivity index (χ1n) is 4.90. The Morgan fingerprint density at radius 3 is 3.07 bits per heavy atom. The van der Waals surface area contributed by atoms with Crippen LogP contribution in [0.3, 0.4) is 0 Å². The van der Waals surface area contributed by atoms with E-state index in [1.54, 1.807) is 0 Å². The monoisotopic (exact) mass is 187 g/mol. The molecule has 2 rings (SSSR count). The number of hydrogen-bond acceptors (Lipinski definition) is 1. The largest absolute Gasteiger partial charge is 0.361 e. The molecule has 14 heavy (non-hydrogen) atoms. The normalized spacial score (nSPS) is 10.6. The summed E-state index contributed by atoms with van der Waals surface area (Å²) in [6.45, 7) is 0. The highest BCUT2D eigenvalue weighted by atomic mass is 16.1. The van der Waals surface area contributed by atoms with E-state index >= 15 is 0 Å². The highest BCUT2D eigenvalue weighted by molar-refractivity contribution is 5.79. The average molecular weight is 187 g/mol. The molecule has 0 unspecified atom stereocenters. The maximum Gasteiger partial charge on any atom is 0.120 e. The number of aldehydes is 1. The van der Waals surface area contributed by atoms with Crippen molar-refractivity contribution in [1.82, 2.24) is 4.98 Å². The van der Waals surface area contributed by atoms with Gasteiger partial charge in [0.05, 0.1) is 0 Å². The lowest BCUT2D eigenvalue weighted by Gasteiger charge is -1.99. The molecule has 0 amide bonds. The van der Waals surface area contributed by atoms with E-state index in [-0.39, 0.29) is 0 Å². The molecule has 72 valence electrons. The van der Waals surface area contributed by atoms with E-state index in [1.807, 2.05) is 6.20 Å². The molecule has 0 aliphatic carbocycles. The second-order valence-electron chi connectivity index (χ2n) is 3.46. The summed E-state index contributed by atoms with van der Waals surface area (Å²) >= 11 is 0. The number of aromatic amines is 1. The van der Waals surface area contributed by atoms with Crippen LogP contribution in [0.2, 0.25) is 0 Å². The van der Waals surface area contributed by atoms with Crippen LogP contribution in [0.1, 0.15) is 18.4 Å². The second kappa shape index (κ2) is 4.09. The number of aryl methyl sites for hydroxylation is 1. The van der Waals surface area contributed by atoms with E-state index < -0.39 is 0 Å². The van der Waals surface area contributed by atoms with Gasteiger partial charge in [0.2, 0.25) is 0 Å². The van der Waals surface area contributed by atoms with Crippen LogP contribution in [0.15, 0.2) is 30.5 Å². The number of aromatic nitrogens is 1. The summed E-state index contributed by atoms with van der Waals surface area (Å²) in [5, 5.41) is 1.24. The van der Waals surface area contributed by atoms with Gasteiger partial charge >= 0.3 is 0 Å². The van der Waals surface area contributed by atoms with Crippen molar-refractivity contribution in [2.24, 2.45) is 0 Å². The quantitative estimate of drug-likeness (QED) is 0.579. The van der Waals surface area contributed by atoms with Gasteiger partial charge in [-0.05, 0) is 42.0 Å². The lowest BCUT2D eigenvalue weighted by atomic mass is 10.1. The number of H-pyrrole nitrogens is 1. The summed E-state index contributed by atoms with van der Waals surface area (Å²) in [6, 6.07) is 8.45. The molecule has 0 atom stereocenters. The van der Waals surface area contributed by atoms with Crippen molar-refractivity contribution in [3.8, 4) is 0 Å². The van der Waals surface area contributed by atoms with E-state index in [0.29, 0.717) is 6.42 Å². The Morgan fingerprint density at radius 1 is 1.29 bits per heavy atom. The molecule has 1 aromatic heterocycles. The maximum absolute atomic E-state index is 10.2. The zero-order valence-corrected chi connectivity index (χ0v) is 7.99.